The minimum absolute atomic E-state index is 0.0578. The summed E-state index contributed by atoms with van der Waals surface area (Å²) in [6, 6.07) is 17.4. The zero-order valence-corrected chi connectivity index (χ0v) is 23.4. The summed E-state index contributed by atoms with van der Waals surface area (Å²) in [6.45, 7) is 5.97. The van der Waals surface area contributed by atoms with Gasteiger partial charge in [0.25, 0.3) is 11.8 Å². The monoisotopic (exact) mass is 533 g/mol. The van der Waals surface area contributed by atoms with Crippen molar-refractivity contribution in [2.45, 2.75) is 64.7 Å². The maximum absolute atomic E-state index is 13.4. The van der Waals surface area contributed by atoms with Crippen LogP contribution < -0.4 is 10.2 Å². The summed E-state index contributed by atoms with van der Waals surface area (Å²) in [7, 11) is 0. The van der Waals surface area contributed by atoms with E-state index in [9.17, 15) is 14.4 Å². The molecule has 1 aromatic heterocycles. The number of urea groups is 1. The number of amides is 4. The maximum Gasteiger partial charge on any atom is 0.335 e. The molecule has 4 bridgehead atoms. The van der Waals surface area contributed by atoms with E-state index in [0.29, 0.717) is 11.1 Å². The number of aromatic nitrogens is 1. The van der Waals surface area contributed by atoms with Crippen LogP contribution in [0.4, 0.5) is 10.5 Å². The van der Waals surface area contributed by atoms with Gasteiger partial charge < -0.3 is 4.57 Å². The largest absolute Gasteiger partial charge is 0.335 e. The molecule has 6 nitrogen and oxygen atoms in total. The third-order valence-corrected chi connectivity index (χ3v) is 9.94. The lowest BCUT2D eigenvalue weighted by Crippen LogP contribution is -2.54. The van der Waals surface area contributed by atoms with Crippen molar-refractivity contribution in [3.8, 4) is 5.69 Å². The number of aryl methyl sites for hydroxylation is 2. The van der Waals surface area contributed by atoms with Gasteiger partial charge in [0.1, 0.15) is 5.57 Å². The lowest BCUT2D eigenvalue weighted by Gasteiger charge is -2.57. The molecule has 5 aliphatic rings. The summed E-state index contributed by atoms with van der Waals surface area (Å²) < 4.78 is 2.17. The number of nitrogens with one attached hydrogen (secondary N) is 1. The van der Waals surface area contributed by atoms with Gasteiger partial charge >= 0.3 is 6.03 Å². The van der Waals surface area contributed by atoms with Gasteiger partial charge in [-0.1, -0.05) is 29.8 Å². The zero-order chi connectivity index (χ0) is 27.8. The molecule has 5 fully saturated rings. The summed E-state index contributed by atoms with van der Waals surface area (Å²) in [5, 5.41) is 2.33. The van der Waals surface area contributed by atoms with Crippen molar-refractivity contribution in [2.75, 3.05) is 4.90 Å². The van der Waals surface area contributed by atoms with Gasteiger partial charge in [-0.3, -0.25) is 14.9 Å². The fraction of sp³-hybridized carbons (Fsp3) is 0.382. The number of hydrogen-bond donors (Lipinski definition) is 1. The number of rotatable bonds is 4. The third-order valence-electron chi connectivity index (χ3n) is 9.94. The van der Waals surface area contributed by atoms with Crippen molar-refractivity contribution in [3.63, 3.8) is 0 Å². The SMILES string of the molecule is Cc1ccc(N2C(=O)NC(=O)/C(=C\c3cc(C)n(-c4ccc(C56CC7CC(CC(C7)C5)C6)cc4)c3C)C2=O)cc1. The van der Waals surface area contributed by atoms with E-state index < -0.39 is 17.8 Å². The summed E-state index contributed by atoms with van der Waals surface area (Å²) in [5.74, 6) is 1.43. The Kier molecular flexibility index (Phi) is 5.67. The number of anilines is 1. The Hall–Kier alpha value is -3.93. The van der Waals surface area contributed by atoms with Crippen LogP contribution in [0.5, 0.6) is 0 Å². The van der Waals surface area contributed by atoms with Crippen molar-refractivity contribution in [2.24, 2.45) is 17.8 Å². The standard InChI is InChI=1S/C34H35N3O3/c1-20-4-8-29(9-5-20)37-32(39)30(31(38)35-33(37)40)16-26-12-21(2)36(22(26)3)28-10-6-27(7-11-28)34-17-23-13-24(18-34)15-25(14-23)19-34/h4-12,16,23-25H,13-15,17-19H2,1-3H3,(H,35,38,40)/b30-16+. The maximum atomic E-state index is 13.4. The van der Waals surface area contributed by atoms with Gasteiger partial charge in [-0.15, -0.1) is 0 Å². The van der Waals surface area contributed by atoms with Gasteiger partial charge in [-0.05, 0) is 130 Å². The number of carbonyl (C=O) groups excluding carboxylic acids is 3. The molecule has 0 unspecified atom stereocenters. The second-order valence-electron chi connectivity index (χ2n) is 12.7. The summed E-state index contributed by atoms with van der Waals surface area (Å²) >= 11 is 0. The highest BCUT2D eigenvalue weighted by Crippen LogP contribution is 2.60. The van der Waals surface area contributed by atoms with E-state index in [4.69, 9.17) is 0 Å². The Morgan fingerprint density at radius 1 is 0.800 bits per heavy atom. The van der Waals surface area contributed by atoms with Crippen LogP contribution in [0.3, 0.4) is 0 Å². The lowest BCUT2D eigenvalue weighted by atomic mass is 9.48. The molecule has 204 valence electrons. The lowest BCUT2D eigenvalue weighted by molar-refractivity contribution is -0.122. The molecule has 2 aromatic carbocycles. The van der Waals surface area contributed by atoms with Crippen molar-refractivity contribution in [1.29, 1.82) is 0 Å². The van der Waals surface area contributed by atoms with Crippen LogP contribution in [-0.2, 0) is 15.0 Å². The van der Waals surface area contributed by atoms with E-state index in [0.717, 1.165) is 50.9 Å². The zero-order valence-electron chi connectivity index (χ0n) is 23.4. The molecule has 1 N–H and O–H groups in total. The van der Waals surface area contributed by atoms with Crippen molar-refractivity contribution >= 4 is 29.6 Å². The van der Waals surface area contributed by atoms with Gasteiger partial charge in [0.05, 0.1) is 5.69 Å². The molecular weight excluding hydrogens is 498 g/mol. The quantitative estimate of drug-likeness (QED) is 0.306. The second-order valence-corrected chi connectivity index (χ2v) is 12.7. The molecule has 6 heteroatoms. The number of hydrogen-bond acceptors (Lipinski definition) is 3. The first-order valence-corrected chi connectivity index (χ1v) is 14.5. The number of nitrogens with zero attached hydrogens (tertiary/aromatic N) is 2. The fourth-order valence-corrected chi connectivity index (χ4v) is 8.50. The molecule has 40 heavy (non-hydrogen) atoms. The Bertz CT molecular complexity index is 1540. The predicted octanol–water partition coefficient (Wildman–Crippen LogP) is 6.54. The van der Waals surface area contributed by atoms with E-state index >= 15 is 0 Å². The Morgan fingerprint density at radius 3 is 1.98 bits per heavy atom. The fourth-order valence-electron chi connectivity index (χ4n) is 8.50. The van der Waals surface area contributed by atoms with Crippen molar-refractivity contribution in [3.05, 3.63) is 88.2 Å². The third kappa shape index (κ3) is 3.95. The average Bonchev–Trinajstić information content (AvgIpc) is 3.19. The molecule has 0 spiro atoms. The number of imide groups is 2. The molecule has 1 aliphatic heterocycles. The van der Waals surface area contributed by atoms with Crippen LogP contribution in [0.1, 0.15) is 66.6 Å². The first-order chi connectivity index (χ1) is 19.2. The summed E-state index contributed by atoms with van der Waals surface area (Å²) in [5.41, 5.74) is 7.04. The topological polar surface area (TPSA) is 71.4 Å². The molecular formula is C34H35N3O3. The van der Waals surface area contributed by atoms with Gasteiger partial charge in [-0.25, -0.2) is 9.69 Å². The highest BCUT2D eigenvalue weighted by atomic mass is 16.2. The average molecular weight is 534 g/mol. The molecule has 8 rings (SSSR count). The molecule has 2 heterocycles. The molecule has 4 amide bonds. The minimum atomic E-state index is -0.736. The Balaban J connectivity index is 1.19. The van der Waals surface area contributed by atoms with E-state index in [1.807, 2.05) is 39.0 Å². The van der Waals surface area contributed by atoms with Gasteiger partial charge in [0.2, 0.25) is 0 Å². The van der Waals surface area contributed by atoms with Crippen LogP contribution in [0.25, 0.3) is 11.8 Å². The van der Waals surface area contributed by atoms with Gasteiger partial charge in [-0.2, -0.15) is 0 Å². The second kappa shape index (κ2) is 9.05. The Labute approximate surface area is 235 Å². The molecule has 4 saturated carbocycles. The van der Waals surface area contributed by atoms with Crippen LogP contribution in [0.15, 0.2) is 60.2 Å². The summed E-state index contributed by atoms with van der Waals surface area (Å²) in [6.07, 6.45) is 9.95. The van der Waals surface area contributed by atoms with E-state index in [1.54, 1.807) is 18.2 Å². The highest BCUT2D eigenvalue weighted by Gasteiger charge is 2.51. The minimum Gasteiger partial charge on any atom is -0.318 e. The van der Waals surface area contributed by atoms with Crippen LogP contribution in [0.2, 0.25) is 0 Å². The summed E-state index contributed by atoms with van der Waals surface area (Å²) in [4.78, 5) is 39.7. The van der Waals surface area contributed by atoms with Crippen LogP contribution >= 0.6 is 0 Å². The van der Waals surface area contributed by atoms with Gasteiger partial charge in [0.15, 0.2) is 0 Å². The normalized spacial score (nSPS) is 28.5. The van der Waals surface area contributed by atoms with E-state index in [2.05, 4.69) is 34.1 Å². The van der Waals surface area contributed by atoms with Crippen molar-refractivity contribution in [1.82, 2.24) is 9.88 Å². The van der Waals surface area contributed by atoms with Crippen LogP contribution in [0, 0.1) is 38.5 Å². The molecule has 0 atom stereocenters. The predicted molar refractivity (Wildman–Crippen MR) is 155 cm³/mol. The number of benzene rings is 2. The first-order valence-electron chi connectivity index (χ1n) is 14.5. The van der Waals surface area contributed by atoms with E-state index in [1.165, 1.54) is 44.1 Å². The van der Waals surface area contributed by atoms with E-state index in [-0.39, 0.29) is 5.57 Å². The van der Waals surface area contributed by atoms with Crippen molar-refractivity contribution < 1.29 is 14.4 Å². The Morgan fingerprint density at radius 2 is 1.38 bits per heavy atom. The molecule has 0 radical (unpaired) electrons. The molecule has 3 aromatic rings. The van der Waals surface area contributed by atoms with Gasteiger partial charge in [0, 0.05) is 17.1 Å². The number of barbiturate groups is 1. The first kappa shape index (κ1) is 25.1. The smallest absolute Gasteiger partial charge is 0.318 e. The van der Waals surface area contributed by atoms with Crippen LogP contribution in [-0.4, -0.2) is 22.4 Å². The number of carbonyl (C=O) groups is 3. The molecule has 4 aliphatic carbocycles. The highest BCUT2D eigenvalue weighted by molar-refractivity contribution is 6.39. The molecule has 1 saturated heterocycles.